The smallest absolute Gasteiger partial charge is 0.0811 e. The highest BCUT2D eigenvalue weighted by molar-refractivity contribution is 6.67. The molecule has 0 aromatic carbocycles. The first-order valence-electron chi connectivity index (χ1n) is 5.23. The van der Waals surface area contributed by atoms with E-state index in [0.717, 1.165) is 0 Å². The van der Waals surface area contributed by atoms with Crippen molar-refractivity contribution < 1.29 is 0 Å². The van der Waals surface area contributed by atoms with Gasteiger partial charge in [0.2, 0.25) is 0 Å². The van der Waals surface area contributed by atoms with Crippen LogP contribution in [0.25, 0.3) is 0 Å². The third kappa shape index (κ3) is 1.67. The highest BCUT2D eigenvalue weighted by atomic mass is 15.3. The summed E-state index contributed by atoms with van der Waals surface area (Å²) >= 11 is 0. The van der Waals surface area contributed by atoms with Crippen molar-refractivity contribution in [1.29, 1.82) is 0 Å². The van der Waals surface area contributed by atoms with E-state index in [1.165, 1.54) is 4.90 Å². The first kappa shape index (κ1) is 15.5. The van der Waals surface area contributed by atoms with E-state index in [4.69, 9.17) is 62.8 Å². The second-order valence-corrected chi connectivity index (χ2v) is 5.89. The van der Waals surface area contributed by atoms with Gasteiger partial charge < -0.3 is 4.90 Å². The number of likely N-dealkylation sites (tertiary alicyclic amines) is 1. The van der Waals surface area contributed by atoms with E-state index in [9.17, 15) is 0 Å². The van der Waals surface area contributed by atoms with Gasteiger partial charge >= 0.3 is 0 Å². The molecule has 0 saturated carbocycles. The molecular formula is C8H9B8N. The predicted octanol–water partition coefficient (Wildman–Crippen LogP) is -2.01. The third-order valence-corrected chi connectivity index (χ3v) is 3.42. The Labute approximate surface area is 115 Å². The molecule has 0 amide bonds. The predicted molar refractivity (Wildman–Crippen MR) is 78.5 cm³/mol. The quantitative estimate of drug-likeness (QED) is 0.413. The maximum absolute atomic E-state index is 5.97. The van der Waals surface area contributed by atoms with E-state index >= 15 is 0 Å². The van der Waals surface area contributed by atoms with Crippen LogP contribution in [-0.2, 0) is 0 Å². The molecule has 1 fully saturated rings. The molecule has 0 N–H and O–H groups in total. The summed E-state index contributed by atoms with van der Waals surface area (Å²) in [4.78, 5) is 1.34. The normalized spacial score (nSPS) is 30.1. The molecule has 0 aromatic rings. The first-order valence-corrected chi connectivity index (χ1v) is 5.23. The summed E-state index contributed by atoms with van der Waals surface area (Å²) < 4.78 is 0. The van der Waals surface area contributed by atoms with Gasteiger partial charge in [0, 0.05) is 5.54 Å². The summed E-state index contributed by atoms with van der Waals surface area (Å²) in [5.74, 6) is 0. The average Bonchev–Trinajstić information content (AvgIpc) is 2.03. The van der Waals surface area contributed by atoms with Crippen molar-refractivity contribution in [3.63, 3.8) is 0 Å². The average molecular weight is 206 g/mol. The van der Waals surface area contributed by atoms with Gasteiger partial charge in [0.25, 0.3) is 0 Å². The molecule has 0 unspecified atom stereocenters. The third-order valence-electron chi connectivity index (χ3n) is 3.42. The molecule has 1 aliphatic rings. The number of hydrogen-bond donors (Lipinski definition) is 0. The molecule has 16 radical (unpaired) electrons. The van der Waals surface area contributed by atoms with Gasteiger partial charge in [-0.1, -0.05) is 10.7 Å². The standard InChI is InChI=1S/C8H9B8N/c1-4(2,3)17-7(13,14)5(9,10)6(11,12)8(17,15)16/h1-3H3. The lowest BCUT2D eigenvalue weighted by atomic mass is 9.17. The lowest BCUT2D eigenvalue weighted by molar-refractivity contribution is 0.101. The molecule has 1 rings (SSSR count). The molecule has 0 atom stereocenters. The maximum Gasteiger partial charge on any atom is 0.0811 e. The highest BCUT2D eigenvalue weighted by Gasteiger charge is 2.64. The first-order chi connectivity index (χ1) is 7.12. The molecule has 0 spiro atoms. The van der Waals surface area contributed by atoms with Gasteiger partial charge in [-0.2, -0.15) is 0 Å². The van der Waals surface area contributed by atoms with Gasteiger partial charge in [0.05, 0.1) is 62.8 Å². The van der Waals surface area contributed by atoms with Gasteiger partial charge in [-0.3, -0.25) is 0 Å². The topological polar surface area (TPSA) is 3.24 Å². The van der Waals surface area contributed by atoms with Gasteiger partial charge in [-0.15, -0.1) is 10.4 Å². The zero-order valence-electron chi connectivity index (χ0n) is 10.6. The fourth-order valence-corrected chi connectivity index (χ4v) is 2.45. The molecule has 1 nitrogen and oxygen atoms in total. The van der Waals surface area contributed by atoms with Crippen LogP contribution < -0.4 is 0 Å². The Morgan fingerprint density at radius 3 is 1.00 bits per heavy atom. The Morgan fingerprint density at radius 1 is 0.647 bits per heavy atom. The van der Waals surface area contributed by atoms with Crippen LogP contribution in [0.1, 0.15) is 20.8 Å². The second kappa shape index (κ2) is 3.52. The summed E-state index contributed by atoms with van der Waals surface area (Å²) in [6.45, 7) is 5.40. The summed E-state index contributed by atoms with van der Waals surface area (Å²) in [6.07, 6.45) is 0. The van der Waals surface area contributed by atoms with Gasteiger partial charge in [-0.05, 0) is 20.8 Å². The molecule has 0 aliphatic carbocycles. The number of rotatable bonds is 0. The van der Waals surface area contributed by atoms with Crippen LogP contribution in [-0.4, -0.2) is 83.9 Å². The minimum atomic E-state index is -1.86. The van der Waals surface area contributed by atoms with Crippen LogP contribution >= 0.6 is 0 Å². The summed E-state index contributed by atoms with van der Waals surface area (Å²) in [6, 6.07) is 0. The van der Waals surface area contributed by atoms with E-state index in [1.807, 2.05) is 0 Å². The fraction of sp³-hybridized carbons (Fsp3) is 1.00. The van der Waals surface area contributed by atoms with Crippen molar-refractivity contribution >= 4 is 62.8 Å². The van der Waals surface area contributed by atoms with E-state index in [-0.39, 0.29) is 0 Å². The largest absolute Gasteiger partial charge is 0.323 e. The molecular weight excluding hydrogens is 197 g/mol. The van der Waals surface area contributed by atoms with Gasteiger partial charge in [-0.25, -0.2) is 0 Å². The van der Waals surface area contributed by atoms with Gasteiger partial charge in [0.1, 0.15) is 0 Å². The zero-order valence-corrected chi connectivity index (χ0v) is 10.6. The van der Waals surface area contributed by atoms with Crippen LogP contribution in [0.3, 0.4) is 0 Å². The van der Waals surface area contributed by atoms with Crippen molar-refractivity contribution in [3.05, 3.63) is 0 Å². The van der Waals surface area contributed by atoms with Crippen LogP contribution in [0.2, 0.25) is 10.4 Å². The highest BCUT2D eigenvalue weighted by Crippen LogP contribution is 2.64. The van der Waals surface area contributed by atoms with Crippen molar-refractivity contribution in [2.75, 3.05) is 0 Å². The van der Waals surface area contributed by atoms with Crippen molar-refractivity contribution in [1.82, 2.24) is 4.90 Å². The Kier molecular flexibility index (Phi) is 3.22. The molecule has 0 aromatic heterocycles. The van der Waals surface area contributed by atoms with Crippen molar-refractivity contribution in [2.24, 2.45) is 0 Å². The summed E-state index contributed by atoms with van der Waals surface area (Å²) in [5.41, 5.74) is -0.628. The van der Waals surface area contributed by atoms with E-state index < -0.39 is 26.6 Å². The fourth-order valence-electron chi connectivity index (χ4n) is 2.45. The minimum Gasteiger partial charge on any atom is -0.323 e. The monoisotopic (exact) mass is 207 g/mol. The van der Waals surface area contributed by atoms with Crippen molar-refractivity contribution in [2.45, 2.75) is 47.4 Å². The Balaban J connectivity index is 3.54. The number of hydrogen-bond acceptors (Lipinski definition) is 1. The lowest BCUT2D eigenvalue weighted by Crippen LogP contribution is -2.66. The van der Waals surface area contributed by atoms with Crippen LogP contribution in [0.15, 0.2) is 0 Å². The van der Waals surface area contributed by atoms with Crippen LogP contribution in [0, 0.1) is 0 Å². The van der Waals surface area contributed by atoms with E-state index in [1.54, 1.807) is 20.8 Å². The minimum absolute atomic E-state index is 0.628. The van der Waals surface area contributed by atoms with Gasteiger partial charge in [0.15, 0.2) is 0 Å². The van der Waals surface area contributed by atoms with Crippen LogP contribution in [0.5, 0.6) is 0 Å². The molecule has 1 heterocycles. The second-order valence-electron chi connectivity index (χ2n) is 5.89. The molecule has 0 bridgehead atoms. The summed E-state index contributed by atoms with van der Waals surface area (Å²) in [7, 11) is 47.4. The SMILES string of the molecule is [B]C1([B])N(C(C)(C)C)C([B])([B])C([B])([B])C1([B])[B]. The van der Waals surface area contributed by atoms with E-state index in [0.29, 0.717) is 0 Å². The molecule has 1 aliphatic heterocycles. The molecule has 70 valence electrons. The molecule has 9 heteroatoms. The maximum atomic E-state index is 5.97. The zero-order chi connectivity index (χ0) is 14.1. The molecule has 17 heavy (non-hydrogen) atoms. The van der Waals surface area contributed by atoms with Crippen molar-refractivity contribution in [3.8, 4) is 0 Å². The Morgan fingerprint density at radius 2 is 0.882 bits per heavy atom. The Hall–Kier alpha value is 0.479. The summed E-state index contributed by atoms with van der Waals surface area (Å²) in [5, 5.41) is -7.23. The Bertz CT molecular complexity index is 303. The lowest BCUT2D eigenvalue weighted by Gasteiger charge is -2.54. The number of nitrogens with zero attached hydrogens (tertiary/aromatic N) is 1. The van der Waals surface area contributed by atoms with E-state index in [2.05, 4.69) is 0 Å². The van der Waals surface area contributed by atoms with Crippen LogP contribution in [0.4, 0.5) is 0 Å². The molecule has 1 saturated heterocycles.